The molecule has 106 valence electrons. The summed E-state index contributed by atoms with van der Waals surface area (Å²) < 4.78 is 18.9. The van der Waals surface area contributed by atoms with E-state index in [1.54, 1.807) is 19.1 Å². The summed E-state index contributed by atoms with van der Waals surface area (Å²) in [5.74, 6) is 1.55. The molecule has 0 saturated carbocycles. The predicted octanol–water partition coefficient (Wildman–Crippen LogP) is 3.85. The van der Waals surface area contributed by atoms with Gasteiger partial charge in [0.05, 0.1) is 5.56 Å². The lowest BCUT2D eigenvalue weighted by Crippen LogP contribution is -2.05. The Morgan fingerprint density at radius 2 is 2.05 bits per heavy atom. The summed E-state index contributed by atoms with van der Waals surface area (Å²) in [7, 11) is 0. The van der Waals surface area contributed by atoms with Crippen molar-refractivity contribution in [2.45, 2.75) is 27.2 Å². The maximum Gasteiger partial charge on any atom is 0.227 e. The predicted molar refractivity (Wildman–Crippen MR) is 76.8 cm³/mol. The largest absolute Gasteiger partial charge is 0.439 e. The molecular weight excluding hydrogens is 257 g/mol. The number of hydrogen-bond donors (Lipinski definition) is 1. The zero-order valence-electron chi connectivity index (χ0n) is 11.9. The average molecular weight is 275 g/mol. The van der Waals surface area contributed by atoms with Crippen molar-refractivity contribution in [1.29, 1.82) is 0 Å². The standard InChI is InChI=1S/C15H18FN3O/c1-4-7-17-14-11(3)15(19-9-18-14)20-12-5-6-13(16)10(2)8-12/h5-6,8-9H,4,7H2,1-3H3,(H,17,18,19). The van der Waals surface area contributed by atoms with E-state index in [1.165, 1.54) is 12.4 Å². The zero-order chi connectivity index (χ0) is 14.5. The molecular formula is C15H18FN3O. The van der Waals surface area contributed by atoms with E-state index in [-0.39, 0.29) is 5.82 Å². The average Bonchev–Trinajstić information content (AvgIpc) is 2.44. The van der Waals surface area contributed by atoms with Gasteiger partial charge in [-0.25, -0.2) is 14.4 Å². The first-order valence-electron chi connectivity index (χ1n) is 6.61. The highest BCUT2D eigenvalue weighted by Crippen LogP contribution is 2.27. The highest BCUT2D eigenvalue weighted by atomic mass is 19.1. The summed E-state index contributed by atoms with van der Waals surface area (Å²) in [6.45, 7) is 6.52. The summed E-state index contributed by atoms with van der Waals surface area (Å²) in [5, 5.41) is 3.22. The molecule has 0 aliphatic rings. The molecule has 0 bridgehead atoms. The molecule has 0 aliphatic heterocycles. The van der Waals surface area contributed by atoms with Crippen LogP contribution >= 0.6 is 0 Å². The van der Waals surface area contributed by atoms with Crippen molar-refractivity contribution in [3.8, 4) is 11.6 Å². The Morgan fingerprint density at radius 3 is 2.75 bits per heavy atom. The van der Waals surface area contributed by atoms with Crippen molar-refractivity contribution in [3.63, 3.8) is 0 Å². The third-order valence-corrected chi connectivity index (χ3v) is 2.92. The molecule has 5 heteroatoms. The van der Waals surface area contributed by atoms with Crippen molar-refractivity contribution >= 4 is 5.82 Å². The lowest BCUT2D eigenvalue weighted by Gasteiger charge is -2.12. The molecule has 1 heterocycles. The van der Waals surface area contributed by atoms with Crippen molar-refractivity contribution in [2.24, 2.45) is 0 Å². The number of hydrogen-bond acceptors (Lipinski definition) is 4. The van der Waals surface area contributed by atoms with E-state index in [0.29, 0.717) is 17.2 Å². The number of nitrogens with one attached hydrogen (secondary N) is 1. The second kappa shape index (κ2) is 6.32. The number of benzene rings is 1. The lowest BCUT2D eigenvalue weighted by atomic mass is 10.2. The van der Waals surface area contributed by atoms with Crippen LogP contribution in [0.5, 0.6) is 11.6 Å². The number of aryl methyl sites for hydroxylation is 1. The van der Waals surface area contributed by atoms with Crippen molar-refractivity contribution in [2.75, 3.05) is 11.9 Å². The number of anilines is 1. The molecule has 20 heavy (non-hydrogen) atoms. The van der Waals surface area contributed by atoms with Gasteiger partial charge in [-0.2, -0.15) is 0 Å². The van der Waals surface area contributed by atoms with Gasteiger partial charge in [-0.15, -0.1) is 0 Å². The van der Waals surface area contributed by atoms with E-state index in [2.05, 4.69) is 22.2 Å². The van der Waals surface area contributed by atoms with E-state index < -0.39 is 0 Å². The van der Waals surface area contributed by atoms with Gasteiger partial charge in [0.1, 0.15) is 23.7 Å². The number of ether oxygens (including phenoxy) is 1. The molecule has 4 nitrogen and oxygen atoms in total. The number of aromatic nitrogens is 2. The smallest absolute Gasteiger partial charge is 0.227 e. The van der Waals surface area contributed by atoms with E-state index in [9.17, 15) is 4.39 Å². The second-order valence-corrected chi connectivity index (χ2v) is 4.59. The monoisotopic (exact) mass is 275 g/mol. The second-order valence-electron chi connectivity index (χ2n) is 4.59. The molecule has 0 radical (unpaired) electrons. The summed E-state index contributed by atoms with van der Waals surface area (Å²) >= 11 is 0. The quantitative estimate of drug-likeness (QED) is 0.900. The van der Waals surface area contributed by atoms with Crippen LogP contribution in [0.4, 0.5) is 10.2 Å². The summed E-state index contributed by atoms with van der Waals surface area (Å²) in [6.07, 6.45) is 2.47. The van der Waals surface area contributed by atoms with Crippen LogP contribution in [0.25, 0.3) is 0 Å². The lowest BCUT2D eigenvalue weighted by molar-refractivity contribution is 0.455. The maximum atomic E-state index is 13.2. The molecule has 0 spiro atoms. The molecule has 1 aromatic carbocycles. The minimum atomic E-state index is -0.248. The molecule has 0 fully saturated rings. The Balaban J connectivity index is 2.22. The fourth-order valence-corrected chi connectivity index (χ4v) is 1.75. The van der Waals surface area contributed by atoms with Crippen LogP contribution in [0.15, 0.2) is 24.5 Å². The van der Waals surface area contributed by atoms with Crippen molar-refractivity contribution in [3.05, 3.63) is 41.5 Å². The Bertz CT molecular complexity index is 602. The number of rotatable bonds is 5. The molecule has 2 aromatic rings. The van der Waals surface area contributed by atoms with E-state index in [0.717, 1.165) is 24.3 Å². The minimum Gasteiger partial charge on any atom is -0.439 e. The van der Waals surface area contributed by atoms with Gasteiger partial charge in [-0.05, 0) is 44.0 Å². The van der Waals surface area contributed by atoms with Gasteiger partial charge in [0, 0.05) is 6.54 Å². The third kappa shape index (κ3) is 3.23. The van der Waals surface area contributed by atoms with Gasteiger partial charge in [0.2, 0.25) is 5.88 Å². The molecule has 0 saturated heterocycles. The molecule has 2 rings (SSSR count). The van der Waals surface area contributed by atoms with Crippen LogP contribution in [0.1, 0.15) is 24.5 Å². The number of nitrogens with zero attached hydrogens (tertiary/aromatic N) is 2. The van der Waals surface area contributed by atoms with Crippen LogP contribution in [0, 0.1) is 19.7 Å². The maximum absolute atomic E-state index is 13.2. The van der Waals surface area contributed by atoms with Crippen LogP contribution in [0.2, 0.25) is 0 Å². The fraction of sp³-hybridized carbons (Fsp3) is 0.333. The van der Waals surface area contributed by atoms with Gasteiger partial charge in [-0.3, -0.25) is 0 Å². The third-order valence-electron chi connectivity index (χ3n) is 2.92. The molecule has 1 N–H and O–H groups in total. The van der Waals surface area contributed by atoms with E-state index >= 15 is 0 Å². The molecule has 0 amide bonds. The fourth-order valence-electron chi connectivity index (χ4n) is 1.75. The van der Waals surface area contributed by atoms with Gasteiger partial charge in [-0.1, -0.05) is 6.92 Å². The van der Waals surface area contributed by atoms with Gasteiger partial charge < -0.3 is 10.1 Å². The van der Waals surface area contributed by atoms with Crippen LogP contribution in [-0.2, 0) is 0 Å². The molecule has 0 aliphatic carbocycles. The summed E-state index contributed by atoms with van der Waals surface area (Å²) in [5.41, 5.74) is 1.38. The van der Waals surface area contributed by atoms with E-state index in [1.807, 2.05) is 6.92 Å². The Kier molecular flexibility index (Phi) is 4.50. The Labute approximate surface area is 118 Å². The minimum absolute atomic E-state index is 0.248. The normalized spacial score (nSPS) is 10.4. The van der Waals surface area contributed by atoms with Crippen LogP contribution in [0.3, 0.4) is 0 Å². The van der Waals surface area contributed by atoms with Crippen molar-refractivity contribution < 1.29 is 9.13 Å². The first kappa shape index (κ1) is 14.2. The SMILES string of the molecule is CCCNc1ncnc(Oc2ccc(F)c(C)c2)c1C. The topological polar surface area (TPSA) is 47.0 Å². The van der Waals surface area contributed by atoms with Gasteiger partial charge in [0.25, 0.3) is 0 Å². The molecule has 0 atom stereocenters. The van der Waals surface area contributed by atoms with Crippen LogP contribution in [-0.4, -0.2) is 16.5 Å². The highest BCUT2D eigenvalue weighted by Gasteiger charge is 2.09. The molecule has 0 unspecified atom stereocenters. The highest BCUT2D eigenvalue weighted by molar-refractivity contribution is 5.48. The van der Waals surface area contributed by atoms with Crippen LogP contribution < -0.4 is 10.1 Å². The van der Waals surface area contributed by atoms with E-state index in [4.69, 9.17) is 4.74 Å². The molecule has 1 aromatic heterocycles. The first-order chi connectivity index (χ1) is 9.61. The summed E-state index contributed by atoms with van der Waals surface area (Å²) in [4.78, 5) is 8.31. The van der Waals surface area contributed by atoms with Crippen molar-refractivity contribution in [1.82, 2.24) is 9.97 Å². The number of halogens is 1. The Hall–Kier alpha value is -2.17. The van der Waals surface area contributed by atoms with Gasteiger partial charge >= 0.3 is 0 Å². The first-order valence-corrected chi connectivity index (χ1v) is 6.61. The van der Waals surface area contributed by atoms with Gasteiger partial charge in [0.15, 0.2) is 0 Å². The zero-order valence-corrected chi connectivity index (χ0v) is 11.9. The Morgan fingerprint density at radius 1 is 1.25 bits per heavy atom. The summed E-state index contributed by atoms with van der Waals surface area (Å²) in [6, 6.07) is 4.62.